The number of amides is 1. The van der Waals surface area contributed by atoms with Gasteiger partial charge in [-0.25, -0.2) is 9.67 Å². The molecule has 0 aliphatic carbocycles. The second-order valence-corrected chi connectivity index (χ2v) is 6.59. The fourth-order valence-electron chi connectivity index (χ4n) is 2.79. The van der Waals surface area contributed by atoms with E-state index in [2.05, 4.69) is 10.1 Å². The average Bonchev–Trinajstić information content (AvgIpc) is 3.08. The largest absolute Gasteiger partial charge is 0.493 e. The topological polar surface area (TPSA) is 116 Å². The second kappa shape index (κ2) is 11.6. The molecule has 1 amide bonds. The van der Waals surface area contributed by atoms with Crippen LogP contribution >= 0.6 is 12.4 Å². The molecule has 0 unspecified atom stereocenters. The molecule has 0 bridgehead atoms. The van der Waals surface area contributed by atoms with Crippen LogP contribution in [0.25, 0.3) is 0 Å². The van der Waals surface area contributed by atoms with Gasteiger partial charge in [0.1, 0.15) is 12.4 Å². The number of likely N-dealkylation sites (N-methyl/N-ethyl adjacent to an activating group) is 1. The van der Waals surface area contributed by atoms with Gasteiger partial charge in [-0.3, -0.25) is 4.79 Å². The second-order valence-electron chi connectivity index (χ2n) is 6.59. The maximum Gasteiger partial charge on any atom is 0.244 e. The lowest BCUT2D eigenvalue weighted by Crippen LogP contribution is -2.32. The molecule has 1 aromatic heterocycles. The Labute approximate surface area is 177 Å². The number of nitrogens with two attached hydrogens (primary N) is 1. The van der Waals surface area contributed by atoms with Crippen molar-refractivity contribution >= 4 is 18.3 Å². The minimum absolute atomic E-state index is 0. The van der Waals surface area contributed by atoms with E-state index >= 15 is 0 Å². The summed E-state index contributed by atoms with van der Waals surface area (Å²) < 4.78 is 12.1. The molecular weight excluding hydrogens is 398 g/mol. The summed E-state index contributed by atoms with van der Waals surface area (Å²) in [6.45, 7) is 2.38. The minimum atomic E-state index is -0.359. The lowest BCUT2D eigenvalue weighted by Gasteiger charge is -2.17. The molecule has 1 atom stereocenters. The summed E-state index contributed by atoms with van der Waals surface area (Å²) in [4.78, 5) is 18.5. The van der Waals surface area contributed by atoms with Crippen molar-refractivity contribution in [1.29, 1.82) is 0 Å². The van der Waals surface area contributed by atoms with Crippen molar-refractivity contribution in [2.45, 2.75) is 32.4 Å². The van der Waals surface area contributed by atoms with E-state index in [-0.39, 0.29) is 37.5 Å². The molecule has 3 N–H and O–H groups in total. The SMILES string of the molecule is COc1ccc(Cc2nc([C@@H](C)N)n(CC(=O)N(C)CCCO)n2)cc1OC.Cl. The molecule has 0 saturated heterocycles. The van der Waals surface area contributed by atoms with Gasteiger partial charge in [-0.15, -0.1) is 12.4 Å². The number of methoxy groups -OCH3 is 2. The summed E-state index contributed by atoms with van der Waals surface area (Å²) in [6, 6.07) is 5.26. The number of hydrogen-bond acceptors (Lipinski definition) is 7. The number of halogens is 1. The number of aromatic nitrogens is 3. The lowest BCUT2D eigenvalue weighted by molar-refractivity contribution is -0.130. The molecule has 0 aliphatic rings. The fraction of sp³-hybridized carbons (Fsp3) is 0.526. The summed E-state index contributed by atoms with van der Waals surface area (Å²) in [5.41, 5.74) is 6.97. The van der Waals surface area contributed by atoms with Crippen LogP contribution in [-0.4, -0.2) is 65.1 Å². The molecular formula is C19H30ClN5O4. The number of nitrogens with zero attached hydrogens (tertiary/aromatic N) is 4. The van der Waals surface area contributed by atoms with Gasteiger partial charge in [0.15, 0.2) is 17.3 Å². The molecule has 1 heterocycles. The van der Waals surface area contributed by atoms with Crippen LogP contribution in [0.4, 0.5) is 0 Å². The molecule has 162 valence electrons. The number of rotatable bonds is 10. The van der Waals surface area contributed by atoms with Crippen LogP contribution in [0.1, 0.15) is 36.6 Å². The van der Waals surface area contributed by atoms with Crippen LogP contribution in [0.3, 0.4) is 0 Å². The predicted molar refractivity (Wildman–Crippen MR) is 112 cm³/mol. The highest BCUT2D eigenvalue weighted by Gasteiger charge is 2.18. The highest BCUT2D eigenvalue weighted by molar-refractivity contribution is 5.85. The maximum atomic E-state index is 12.4. The van der Waals surface area contributed by atoms with Gasteiger partial charge in [0.2, 0.25) is 5.91 Å². The number of carbonyl (C=O) groups excluding carboxylic acids is 1. The van der Waals surface area contributed by atoms with Crippen LogP contribution in [-0.2, 0) is 17.8 Å². The molecule has 1 aromatic carbocycles. The Morgan fingerprint density at radius 2 is 2.00 bits per heavy atom. The summed E-state index contributed by atoms with van der Waals surface area (Å²) in [5, 5.41) is 13.4. The Morgan fingerprint density at radius 1 is 1.31 bits per heavy atom. The van der Waals surface area contributed by atoms with Gasteiger partial charge in [-0.1, -0.05) is 6.07 Å². The van der Waals surface area contributed by atoms with Crippen molar-refractivity contribution < 1.29 is 19.4 Å². The van der Waals surface area contributed by atoms with Gasteiger partial charge in [-0.2, -0.15) is 5.10 Å². The number of aliphatic hydroxyl groups excluding tert-OH is 1. The molecule has 0 spiro atoms. The summed E-state index contributed by atoms with van der Waals surface area (Å²) in [7, 11) is 4.87. The molecule has 2 aromatic rings. The van der Waals surface area contributed by atoms with Gasteiger partial charge < -0.3 is 25.2 Å². The normalized spacial score (nSPS) is 11.5. The molecule has 0 saturated carbocycles. The van der Waals surface area contributed by atoms with Gasteiger partial charge in [0.25, 0.3) is 0 Å². The molecule has 9 nitrogen and oxygen atoms in total. The van der Waals surface area contributed by atoms with Gasteiger partial charge in [0, 0.05) is 26.6 Å². The molecule has 29 heavy (non-hydrogen) atoms. The Bertz CT molecular complexity index is 797. The zero-order valence-electron chi connectivity index (χ0n) is 17.3. The first-order chi connectivity index (χ1) is 13.4. The monoisotopic (exact) mass is 427 g/mol. The Kier molecular flexibility index (Phi) is 9.87. The van der Waals surface area contributed by atoms with Crippen molar-refractivity contribution in [3.8, 4) is 11.5 Å². The maximum absolute atomic E-state index is 12.4. The lowest BCUT2D eigenvalue weighted by atomic mass is 10.1. The van der Waals surface area contributed by atoms with E-state index in [1.54, 1.807) is 37.8 Å². The molecule has 10 heteroatoms. The number of hydrogen-bond donors (Lipinski definition) is 2. The third kappa shape index (κ3) is 6.59. The summed E-state index contributed by atoms with van der Waals surface area (Å²) in [6.07, 6.45) is 1.01. The van der Waals surface area contributed by atoms with Crippen molar-refractivity contribution in [2.24, 2.45) is 5.73 Å². The first kappa shape index (κ1) is 24.7. The highest BCUT2D eigenvalue weighted by atomic mass is 35.5. The Balaban J connectivity index is 0.00000420. The Hall–Kier alpha value is -2.36. The third-order valence-electron chi connectivity index (χ3n) is 4.32. The number of aliphatic hydroxyl groups is 1. The fourth-order valence-corrected chi connectivity index (χ4v) is 2.79. The van der Waals surface area contributed by atoms with E-state index in [1.807, 2.05) is 18.2 Å². The number of ether oxygens (including phenoxy) is 2. The van der Waals surface area contributed by atoms with E-state index in [1.165, 1.54) is 0 Å². The Morgan fingerprint density at radius 3 is 2.59 bits per heavy atom. The number of carbonyl (C=O) groups is 1. The standard InChI is InChI=1S/C19H29N5O4.ClH/c1-13(20)19-21-17(11-14-6-7-15(27-3)16(10-14)28-4)22-24(19)12-18(26)23(2)8-5-9-25;/h6-7,10,13,25H,5,8-9,11-12,20H2,1-4H3;1H/t13-;/m1./s1. The van der Waals surface area contributed by atoms with Crippen LogP contribution in [0, 0.1) is 0 Å². The average molecular weight is 428 g/mol. The smallest absolute Gasteiger partial charge is 0.244 e. The predicted octanol–water partition coefficient (Wildman–Crippen LogP) is 1.17. The minimum Gasteiger partial charge on any atom is -0.493 e. The van der Waals surface area contributed by atoms with Gasteiger partial charge >= 0.3 is 0 Å². The van der Waals surface area contributed by atoms with E-state index in [9.17, 15) is 4.79 Å². The van der Waals surface area contributed by atoms with Crippen LogP contribution in [0.5, 0.6) is 11.5 Å². The summed E-state index contributed by atoms with van der Waals surface area (Å²) in [5.74, 6) is 2.30. The van der Waals surface area contributed by atoms with Gasteiger partial charge in [-0.05, 0) is 31.0 Å². The van der Waals surface area contributed by atoms with E-state index in [0.717, 1.165) is 5.56 Å². The van der Waals surface area contributed by atoms with Crippen molar-refractivity contribution in [1.82, 2.24) is 19.7 Å². The zero-order chi connectivity index (χ0) is 20.7. The molecule has 0 radical (unpaired) electrons. The summed E-state index contributed by atoms with van der Waals surface area (Å²) >= 11 is 0. The molecule has 0 aliphatic heterocycles. The highest BCUT2D eigenvalue weighted by Crippen LogP contribution is 2.28. The van der Waals surface area contributed by atoms with E-state index < -0.39 is 0 Å². The van der Waals surface area contributed by atoms with E-state index in [4.69, 9.17) is 20.3 Å². The van der Waals surface area contributed by atoms with Crippen LogP contribution < -0.4 is 15.2 Å². The van der Waals surface area contributed by atoms with Gasteiger partial charge in [0.05, 0.1) is 20.3 Å². The molecule has 0 fully saturated rings. The van der Waals surface area contributed by atoms with Crippen LogP contribution in [0.2, 0.25) is 0 Å². The quantitative estimate of drug-likeness (QED) is 0.584. The van der Waals surface area contributed by atoms with Crippen molar-refractivity contribution in [3.63, 3.8) is 0 Å². The van der Waals surface area contributed by atoms with Crippen molar-refractivity contribution in [2.75, 3.05) is 34.4 Å². The zero-order valence-corrected chi connectivity index (χ0v) is 18.1. The van der Waals surface area contributed by atoms with Crippen LogP contribution in [0.15, 0.2) is 18.2 Å². The first-order valence-electron chi connectivity index (χ1n) is 9.14. The number of benzene rings is 1. The third-order valence-corrected chi connectivity index (χ3v) is 4.32. The van der Waals surface area contributed by atoms with E-state index in [0.29, 0.717) is 42.5 Å². The molecule has 2 rings (SSSR count). The first-order valence-corrected chi connectivity index (χ1v) is 9.14. The van der Waals surface area contributed by atoms with Crippen molar-refractivity contribution in [3.05, 3.63) is 35.4 Å².